The summed E-state index contributed by atoms with van der Waals surface area (Å²) in [5, 5.41) is 0. The number of pyridine rings is 1. The molecule has 0 unspecified atom stereocenters. The highest BCUT2D eigenvalue weighted by Crippen LogP contribution is 2.10. The van der Waals surface area contributed by atoms with Gasteiger partial charge >= 0.3 is 5.69 Å². The Hall–Kier alpha value is -2.08. The van der Waals surface area contributed by atoms with E-state index in [0.29, 0.717) is 19.5 Å². The Kier molecular flexibility index (Phi) is 3.79. The van der Waals surface area contributed by atoms with Crippen LogP contribution >= 0.6 is 15.9 Å². The van der Waals surface area contributed by atoms with E-state index in [2.05, 4.69) is 20.9 Å². The van der Waals surface area contributed by atoms with Crippen molar-refractivity contribution >= 4 is 27.0 Å². The van der Waals surface area contributed by atoms with Crippen molar-refractivity contribution in [3.05, 3.63) is 67.9 Å². The second-order valence-corrected chi connectivity index (χ2v) is 5.75. The van der Waals surface area contributed by atoms with Gasteiger partial charge in [0.1, 0.15) is 0 Å². The third kappa shape index (κ3) is 2.85. The average Bonchev–Trinajstić information content (AvgIpc) is 2.79. The molecule has 0 atom stereocenters. The molecule has 0 aliphatic carbocycles. The number of rotatable bonds is 4. The Balaban J connectivity index is 1.78. The van der Waals surface area contributed by atoms with Crippen LogP contribution in [0.25, 0.3) is 11.0 Å². The van der Waals surface area contributed by atoms with Gasteiger partial charge in [0, 0.05) is 29.8 Å². The van der Waals surface area contributed by atoms with Crippen molar-refractivity contribution in [1.82, 2.24) is 14.1 Å². The molecule has 5 nitrogen and oxygen atoms in total. The molecule has 1 aromatic carbocycles. The van der Waals surface area contributed by atoms with Gasteiger partial charge < -0.3 is 9.55 Å². The van der Waals surface area contributed by atoms with Gasteiger partial charge in [-0.3, -0.25) is 9.36 Å². The maximum Gasteiger partial charge on any atom is 0.326 e. The van der Waals surface area contributed by atoms with Crippen molar-refractivity contribution in [2.45, 2.75) is 19.5 Å². The fourth-order valence-corrected chi connectivity index (χ4v) is 2.78. The van der Waals surface area contributed by atoms with Gasteiger partial charge in [0.15, 0.2) is 0 Å². The largest absolute Gasteiger partial charge is 0.326 e. The molecule has 0 aliphatic heterocycles. The highest BCUT2D eigenvalue weighted by atomic mass is 79.9. The zero-order valence-electron chi connectivity index (χ0n) is 11.3. The van der Waals surface area contributed by atoms with Crippen LogP contribution in [0.5, 0.6) is 0 Å². The van der Waals surface area contributed by atoms with Crippen molar-refractivity contribution in [3.8, 4) is 0 Å². The summed E-state index contributed by atoms with van der Waals surface area (Å²) in [6.07, 6.45) is 2.47. The smallest absolute Gasteiger partial charge is 0.314 e. The molecule has 0 amide bonds. The minimum Gasteiger partial charge on any atom is -0.314 e. The number of hydrogen-bond donors (Lipinski definition) is 1. The van der Waals surface area contributed by atoms with E-state index in [4.69, 9.17) is 0 Å². The summed E-state index contributed by atoms with van der Waals surface area (Å²) in [5.74, 6) is 0. The highest BCUT2D eigenvalue weighted by Gasteiger charge is 2.05. The molecule has 3 aromatic rings. The fourth-order valence-electron chi connectivity index (χ4n) is 2.40. The predicted octanol–water partition coefficient (Wildman–Crippen LogP) is 2.34. The molecule has 21 heavy (non-hydrogen) atoms. The van der Waals surface area contributed by atoms with Crippen LogP contribution in [-0.2, 0) is 13.1 Å². The first-order valence-corrected chi connectivity index (χ1v) is 7.48. The van der Waals surface area contributed by atoms with E-state index in [1.165, 1.54) is 6.07 Å². The maximum absolute atomic E-state index is 11.9. The Morgan fingerprint density at radius 3 is 2.71 bits per heavy atom. The van der Waals surface area contributed by atoms with Gasteiger partial charge in [-0.15, -0.1) is 0 Å². The summed E-state index contributed by atoms with van der Waals surface area (Å²) >= 11 is 3.35. The van der Waals surface area contributed by atoms with Crippen molar-refractivity contribution in [2.75, 3.05) is 0 Å². The third-order valence-electron chi connectivity index (χ3n) is 3.41. The molecule has 6 heteroatoms. The summed E-state index contributed by atoms with van der Waals surface area (Å²) in [7, 11) is 0. The van der Waals surface area contributed by atoms with Crippen molar-refractivity contribution in [1.29, 1.82) is 0 Å². The number of benzene rings is 1. The Bertz CT molecular complexity index is 892. The van der Waals surface area contributed by atoms with E-state index in [0.717, 1.165) is 15.5 Å². The molecular formula is C15H14BrN3O2. The highest BCUT2D eigenvalue weighted by molar-refractivity contribution is 9.10. The summed E-state index contributed by atoms with van der Waals surface area (Å²) < 4.78 is 4.22. The molecule has 0 radical (unpaired) electrons. The number of aryl methyl sites for hydroxylation is 2. The second-order valence-electron chi connectivity index (χ2n) is 4.83. The number of nitrogens with zero attached hydrogens (tertiary/aromatic N) is 2. The van der Waals surface area contributed by atoms with Gasteiger partial charge in [-0.05, 0) is 40.5 Å². The number of H-pyrrole nitrogens is 1. The first kappa shape index (κ1) is 13.9. The number of aromatic nitrogens is 3. The number of halogens is 1. The van der Waals surface area contributed by atoms with E-state index in [1.54, 1.807) is 21.4 Å². The first-order chi connectivity index (χ1) is 10.1. The lowest BCUT2D eigenvalue weighted by Gasteiger charge is -2.07. The quantitative estimate of drug-likeness (QED) is 0.787. The molecule has 0 fully saturated rings. The van der Waals surface area contributed by atoms with E-state index >= 15 is 0 Å². The Morgan fingerprint density at radius 2 is 1.86 bits per heavy atom. The standard InChI is InChI=1S/C15H14BrN3O2/c16-11-6-7-14(20)18(10-11)8-3-9-19-13-5-2-1-4-12(13)17-15(19)21/h1-2,4-7,10H,3,8-9H2,(H,17,21). The summed E-state index contributed by atoms with van der Waals surface area (Å²) in [6, 6.07) is 10.9. The summed E-state index contributed by atoms with van der Waals surface area (Å²) in [5.41, 5.74) is 1.58. The molecule has 0 saturated carbocycles. The van der Waals surface area contributed by atoms with Gasteiger partial charge in [0.2, 0.25) is 0 Å². The molecule has 0 aliphatic rings. The molecule has 2 heterocycles. The first-order valence-electron chi connectivity index (χ1n) is 6.69. The van der Waals surface area contributed by atoms with Crippen LogP contribution in [0.1, 0.15) is 6.42 Å². The van der Waals surface area contributed by atoms with Gasteiger partial charge in [-0.1, -0.05) is 12.1 Å². The van der Waals surface area contributed by atoms with Crippen LogP contribution in [0, 0.1) is 0 Å². The van der Waals surface area contributed by atoms with Gasteiger partial charge in [-0.2, -0.15) is 0 Å². The number of hydrogen-bond acceptors (Lipinski definition) is 2. The number of imidazole rings is 1. The summed E-state index contributed by atoms with van der Waals surface area (Å²) in [4.78, 5) is 26.5. The molecule has 0 spiro atoms. The predicted molar refractivity (Wildman–Crippen MR) is 85.6 cm³/mol. The average molecular weight is 348 g/mol. The van der Waals surface area contributed by atoms with Crippen LogP contribution in [0.2, 0.25) is 0 Å². The summed E-state index contributed by atoms with van der Waals surface area (Å²) in [6.45, 7) is 1.14. The molecule has 108 valence electrons. The van der Waals surface area contributed by atoms with Crippen molar-refractivity contribution in [2.24, 2.45) is 0 Å². The molecule has 0 bridgehead atoms. The normalized spacial score (nSPS) is 11.1. The Morgan fingerprint density at radius 1 is 1.05 bits per heavy atom. The maximum atomic E-state index is 11.9. The van der Waals surface area contributed by atoms with Crippen molar-refractivity contribution < 1.29 is 0 Å². The van der Waals surface area contributed by atoms with Gasteiger partial charge in [0.05, 0.1) is 11.0 Å². The van der Waals surface area contributed by atoms with Gasteiger partial charge in [0.25, 0.3) is 5.56 Å². The topological polar surface area (TPSA) is 59.8 Å². The number of fused-ring (bicyclic) bond motifs is 1. The second kappa shape index (κ2) is 5.73. The lowest BCUT2D eigenvalue weighted by molar-refractivity contribution is 0.551. The van der Waals surface area contributed by atoms with E-state index in [1.807, 2.05) is 24.3 Å². The number of para-hydroxylation sites is 2. The molecule has 2 aromatic heterocycles. The van der Waals surface area contributed by atoms with Crippen LogP contribution in [0.4, 0.5) is 0 Å². The lowest BCUT2D eigenvalue weighted by atomic mass is 10.3. The number of nitrogens with one attached hydrogen (secondary N) is 1. The molecule has 1 N–H and O–H groups in total. The minimum absolute atomic E-state index is 0.0375. The SMILES string of the molecule is O=c1ccc(Br)cn1CCCn1c(=O)[nH]c2ccccc21. The van der Waals surface area contributed by atoms with Crippen LogP contribution in [0.15, 0.2) is 56.7 Å². The van der Waals surface area contributed by atoms with Crippen LogP contribution in [-0.4, -0.2) is 14.1 Å². The van der Waals surface area contributed by atoms with Crippen molar-refractivity contribution in [3.63, 3.8) is 0 Å². The van der Waals surface area contributed by atoms with E-state index in [9.17, 15) is 9.59 Å². The zero-order chi connectivity index (χ0) is 14.8. The van der Waals surface area contributed by atoms with Gasteiger partial charge in [-0.25, -0.2) is 4.79 Å². The molecular weight excluding hydrogens is 334 g/mol. The van der Waals surface area contributed by atoms with E-state index in [-0.39, 0.29) is 11.2 Å². The number of aromatic amines is 1. The fraction of sp³-hybridized carbons (Fsp3) is 0.200. The molecule has 3 rings (SSSR count). The zero-order valence-corrected chi connectivity index (χ0v) is 12.8. The monoisotopic (exact) mass is 347 g/mol. The Labute approximate surface area is 129 Å². The van der Waals surface area contributed by atoms with Crippen LogP contribution in [0.3, 0.4) is 0 Å². The minimum atomic E-state index is -0.113. The lowest BCUT2D eigenvalue weighted by Crippen LogP contribution is -2.21. The molecule has 0 saturated heterocycles. The third-order valence-corrected chi connectivity index (χ3v) is 3.88. The van der Waals surface area contributed by atoms with E-state index < -0.39 is 0 Å². The van der Waals surface area contributed by atoms with Crippen LogP contribution < -0.4 is 11.2 Å².